The van der Waals surface area contributed by atoms with E-state index in [9.17, 15) is 9.18 Å². The average Bonchev–Trinajstić information content (AvgIpc) is 3.30. The summed E-state index contributed by atoms with van der Waals surface area (Å²) in [7, 11) is 2.11. The fourth-order valence-electron chi connectivity index (χ4n) is 4.44. The molecule has 1 aromatic carbocycles. The summed E-state index contributed by atoms with van der Waals surface area (Å²) in [5.74, 6) is 0.648. The van der Waals surface area contributed by atoms with Crippen LogP contribution >= 0.6 is 0 Å². The summed E-state index contributed by atoms with van der Waals surface area (Å²) in [5.41, 5.74) is 3.21. The second-order valence-corrected chi connectivity index (χ2v) is 8.01. The third kappa shape index (κ3) is 3.09. The van der Waals surface area contributed by atoms with Crippen LogP contribution < -0.4 is 0 Å². The predicted molar refractivity (Wildman–Crippen MR) is 106 cm³/mol. The lowest BCUT2D eigenvalue weighted by Gasteiger charge is -2.28. The molecule has 0 unspecified atom stereocenters. The number of hydrogen-bond donors (Lipinski definition) is 0. The minimum absolute atomic E-state index is 0.177. The first-order chi connectivity index (χ1) is 14.0. The van der Waals surface area contributed by atoms with Gasteiger partial charge >= 0.3 is 0 Å². The van der Waals surface area contributed by atoms with Crippen molar-refractivity contribution in [3.05, 3.63) is 58.6 Å². The molecule has 29 heavy (non-hydrogen) atoms. The first-order valence-corrected chi connectivity index (χ1v) is 10.0. The van der Waals surface area contributed by atoms with Crippen molar-refractivity contribution >= 4 is 16.9 Å². The van der Waals surface area contributed by atoms with Gasteiger partial charge in [0, 0.05) is 42.2 Å². The topological polar surface area (TPSA) is 62.5 Å². The highest BCUT2D eigenvalue weighted by molar-refractivity contribution is 5.99. The van der Waals surface area contributed by atoms with Gasteiger partial charge in [0.2, 0.25) is 0 Å². The summed E-state index contributed by atoms with van der Waals surface area (Å²) >= 11 is 0. The normalized spacial score (nSPS) is 19.7. The Labute approximate surface area is 168 Å². The second-order valence-electron chi connectivity index (χ2n) is 8.01. The Hall–Kier alpha value is -2.80. The van der Waals surface area contributed by atoms with Gasteiger partial charge in [0.1, 0.15) is 17.2 Å². The molecular weight excluding hydrogens is 371 g/mol. The SMILES string of the molecule is Cc1c(C(=O)N2CCc3nc([C@@H]4CCCN4C)ncc3C2)oc2ccc(F)cc12. The van der Waals surface area contributed by atoms with E-state index in [4.69, 9.17) is 9.40 Å². The maximum Gasteiger partial charge on any atom is 0.290 e. The molecule has 4 heterocycles. The fourth-order valence-corrected chi connectivity index (χ4v) is 4.44. The van der Waals surface area contributed by atoms with Gasteiger partial charge in [-0.05, 0) is 51.6 Å². The predicted octanol–water partition coefficient (Wildman–Crippen LogP) is 3.64. The molecule has 0 N–H and O–H groups in total. The molecule has 0 aliphatic carbocycles. The molecule has 2 aliphatic rings. The average molecular weight is 394 g/mol. The number of carbonyl (C=O) groups is 1. The van der Waals surface area contributed by atoms with Crippen LogP contribution in [0.1, 0.15) is 52.1 Å². The molecule has 0 bridgehead atoms. The summed E-state index contributed by atoms with van der Waals surface area (Å²) in [5, 5.41) is 0.638. The van der Waals surface area contributed by atoms with Gasteiger partial charge in [0.15, 0.2) is 5.76 Å². The molecule has 0 saturated carbocycles. The minimum Gasteiger partial charge on any atom is -0.451 e. The Morgan fingerprint density at radius 1 is 1.31 bits per heavy atom. The van der Waals surface area contributed by atoms with Gasteiger partial charge in [-0.1, -0.05) is 0 Å². The summed E-state index contributed by atoms with van der Waals surface area (Å²) in [4.78, 5) is 26.6. The number of rotatable bonds is 2. The van der Waals surface area contributed by atoms with Crippen LogP contribution in [0.4, 0.5) is 4.39 Å². The third-order valence-corrected chi connectivity index (χ3v) is 6.15. The van der Waals surface area contributed by atoms with Crippen molar-refractivity contribution in [3.63, 3.8) is 0 Å². The van der Waals surface area contributed by atoms with Crippen LogP contribution in [0.25, 0.3) is 11.0 Å². The first-order valence-electron chi connectivity index (χ1n) is 10.0. The molecule has 2 aromatic heterocycles. The van der Waals surface area contributed by atoms with Crippen LogP contribution in [0, 0.1) is 12.7 Å². The van der Waals surface area contributed by atoms with Gasteiger partial charge in [0.25, 0.3) is 5.91 Å². The van der Waals surface area contributed by atoms with Gasteiger partial charge in [0.05, 0.1) is 11.7 Å². The summed E-state index contributed by atoms with van der Waals surface area (Å²) in [6.07, 6.45) is 4.82. The van der Waals surface area contributed by atoms with Gasteiger partial charge in [-0.15, -0.1) is 0 Å². The van der Waals surface area contributed by atoms with E-state index in [1.54, 1.807) is 17.9 Å². The Balaban J connectivity index is 1.39. The molecule has 1 saturated heterocycles. The van der Waals surface area contributed by atoms with E-state index in [1.165, 1.54) is 18.6 Å². The zero-order chi connectivity index (χ0) is 20.1. The molecule has 5 rings (SSSR count). The molecule has 1 amide bonds. The van der Waals surface area contributed by atoms with Crippen LogP contribution in [-0.4, -0.2) is 45.8 Å². The summed E-state index contributed by atoms with van der Waals surface area (Å²) < 4.78 is 19.3. The second kappa shape index (κ2) is 6.91. The number of hydrogen-bond acceptors (Lipinski definition) is 5. The van der Waals surface area contributed by atoms with Gasteiger partial charge in [-0.25, -0.2) is 14.4 Å². The molecular formula is C22H23FN4O2. The Morgan fingerprint density at radius 3 is 2.97 bits per heavy atom. The van der Waals surface area contributed by atoms with Crippen LogP contribution in [0.15, 0.2) is 28.8 Å². The van der Waals surface area contributed by atoms with Crippen LogP contribution in [0.2, 0.25) is 0 Å². The molecule has 2 aliphatic heterocycles. The highest BCUT2D eigenvalue weighted by Crippen LogP contribution is 2.30. The Kier molecular flexibility index (Phi) is 4.35. The molecule has 6 nitrogen and oxygen atoms in total. The lowest BCUT2D eigenvalue weighted by molar-refractivity contribution is 0.0702. The van der Waals surface area contributed by atoms with E-state index in [0.29, 0.717) is 42.1 Å². The number of aryl methyl sites for hydroxylation is 1. The van der Waals surface area contributed by atoms with Crippen LogP contribution in [0.3, 0.4) is 0 Å². The smallest absolute Gasteiger partial charge is 0.290 e. The highest BCUT2D eigenvalue weighted by atomic mass is 19.1. The Morgan fingerprint density at radius 2 is 2.17 bits per heavy atom. The van der Waals surface area contributed by atoms with E-state index in [0.717, 1.165) is 30.0 Å². The zero-order valence-corrected chi connectivity index (χ0v) is 16.6. The number of amides is 1. The van der Waals surface area contributed by atoms with Gasteiger partial charge in [-0.2, -0.15) is 0 Å². The van der Waals surface area contributed by atoms with Crippen molar-refractivity contribution in [2.24, 2.45) is 0 Å². The Bertz CT molecular complexity index is 1110. The number of likely N-dealkylation sites (tertiary alicyclic amines) is 1. The van der Waals surface area contributed by atoms with E-state index in [1.807, 2.05) is 6.20 Å². The number of carbonyl (C=O) groups excluding carboxylic acids is 1. The van der Waals surface area contributed by atoms with E-state index >= 15 is 0 Å². The van der Waals surface area contributed by atoms with Crippen molar-refractivity contribution in [2.45, 2.75) is 38.8 Å². The minimum atomic E-state index is -0.340. The third-order valence-electron chi connectivity index (χ3n) is 6.15. The largest absolute Gasteiger partial charge is 0.451 e. The number of aromatic nitrogens is 2. The summed E-state index contributed by atoms with van der Waals surface area (Å²) in [6.45, 7) is 3.91. The molecule has 3 aromatic rings. The summed E-state index contributed by atoms with van der Waals surface area (Å²) in [6, 6.07) is 4.60. The van der Waals surface area contributed by atoms with Crippen LogP contribution in [0.5, 0.6) is 0 Å². The maximum absolute atomic E-state index is 13.6. The fraction of sp³-hybridized carbons (Fsp3) is 0.409. The van der Waals surface area contributed by atoms with Crippen molar-refractivity contribution in [1.82, 2.24) is 19.8 Å². The lowest BCUT2D eigenvalue weighted by atomic mass is 10.1. The number of halogens is 1. The highest BCUT2D eigenvalue weighted by Gasteiger charge is 2.30. The van der Waals surface area contributed by atoms with E-state index in [2.05, 4.69) is 16.9 Å². The zero-order valence-electron chi connectivity index (χ0n) is 16.6. The molecule has 7 heteroatoms. The number of benzene rings is 1. The van der Waals surface area contributed by atoms with Gasteiger partial charge in [-0.3, -0.25) is 9.69 Å². The standard InChI is InChI=1S/C22H23FN4O2/c1-13-16-10-15(23)5-6-19(16)29-20(13)22(28)27-9-7-17-14(12-27)11-24-21(25-17)18-4-3-8-26(18)2/h5-6,10-11,18H,3-4,7-9,12H2,1-2H3/t18-/m0/s1. The molecule has 1 atom stereocenters. The molecule has 150 valence electrons. The van der Waals surface area contributed by atoms with Crippen molar-refractivity contribution < 1.29 is 13.6 Å². The molecule has 0 spiro atoms. The maximum atomic E-state index is 13.6. The quantitative estimate of drug-likeness (QED) is 0.664. The van der Waals surface area contributed by atoms with E-state index in [-0.39, 0.29) is 17.5 Å². The number of fused-ring (bicyclic) bond motifs is 2. The van der Waals surface area contributed by atoms with Crippen molar-refractivity contribution in [1.29, 1.82) is 0 Å². The van der Waals surface area contributed by atoms with Crippen molar-refractivity contribution in [2.75, 3.05) is 20.1 Å². The first kappa shape index (κ1) is 18.2. The number of furan rings is 1. The monoisotopic (exact) mass is 394 g/mol. The number of nitrogens with zero attached hydrogens (tertiary/aromatic N) is 4. The van der Waals surface area contributed by atoms with Gasteiger partial charge < -0.3 is 9.32 Å². The molecule has 0 radical (unpaired) electrons. The van der Waals surface area contributed by atoms with E-state index < -0.39 is 0 Å². The molecule has 1 fully saturated rings. The van der Waals surface area contributed by atoms with Crippen molar-refractivity contribution in [3.8, 4) is 0 Å². The lowest BCUT2D eigenvalue weighted by Crippen LogP contribution is -2.37. The van der Waals surface area contributed by atoms with Crippen LogP contribution in [-0.2, 0) is 13.0 Å².